The molecule has 31 heavy (non-hydrogen) atoms. The summed E-state index contributed by atoms with van der Waals surface area (Å²) in [5, 5.41) is 10.9. The number of benzene rings is 2. The van der Waals surface area contributed by atoms with E-state index in [0.29, 0.717) is 4.31 Å². The molecular weight excluding hydrogens is 433 g/mol. The van der Waals surface area contributed by atoms with Crippen LogP contribution in [0.15, 0.2) is 36.4 Å². The maximum absolute atomic E-state index is 15.5. The second-order valence-electron chi connectivity index (χ2n) is 6.96. The summed E-state index contributed by atoms with van der Waals surface area (Å²) in [5.41, 5.74) is 0.439. The first-order valence-corrected chi connectivity index (χ1v) is 10.7. The Morgan fingerprint density at radius 3 is 2.74 bits per heavy atom. The van der Waals surface area contributed by atoms with Crippen LogP contribution in [0.4, 0.5) is 14.9 Å². The molecule has 3 N–H and O–H groups in total. The number of anilines is 1. The fourth-order valence-electron chi connectivity index (χ4n) is 3.42. The first-order valence-electron chi connectivity index (χ1n) is 9.23. The van der Waals surface area contributed by atoms with Crippen LogP contribution in [0.1, 0.15) is 11.1 Å². The molecule has 2 aliphatic rings. The Hall–Kier alpha value is -3.54. The van der Waals surface area contributed by atoms with Gasteiger partial charge in [0.25, 0.3) is 5.91 Å². The second kappa shape index (κ2) is 7.95. The van der Waals surface area contributed by atoms with Gasteiger partial charge in [-0.3, -0.25) is 4.79 Å². The third kappa shape index (κ3) is 4.19. The maximum Gasteiger partial charge on any atom is 0.404 e. The smallest absolute Gasteiger partial charge is 0.404 e. The van der Waals surface area contributed by atoms with E-state index in [0.717, 1.165) is 5.56 Å². The predicted octanol–water partition coefficient (Wildman–Crippen LogP) is 1.16. The summed E-state index contributed by atoms with van der Waals surface area (Å²) >= 11 is 0. The Balaban J connectivity index is 1.71. The zero-order valence-corrected chi connectivity index (χ0v) is 16.8. The number of rotatable bonds is 6. The Morgan fingerprint density at radius 1 is 1.35 bits per heavy atom. The van der Waals surface area contributed by atoms with Crippen molar-refractivity contribution in [1.82, 2.24) is 10.0 Å². The first-order chi connectivity index (χ1) is 14.7. The summed E-state index contributed by atoms with van der Waals surface area (Å²) in [6, 6.07) is 10.3. The van der Waals surface area contributed by atoms with E-state index in [2.05, 4.69) is 5.32 Å². The summed E-state index contributed by atoms with van der Waals surface area (Å²) in [7, 11) is -4.29. The van der Waals surface area contributed by atoms with Crippen LogP contribution in [0.3, 0.4) is 0 Å². The summed E-state index contributed by atoms with van der Waals surface area (Å²) in [4.78, 5) is 22.4. The molecule has 12 heteroatoms. The molecule has 1 fully saturated rings. The van der Waals surface area contributed by atoms with E-state index in [1.54, 1.807) is 24.3 Å². The number of hydrogen-bond acceptors (Lipinski definition) is 6. The molecule has 1 saturated heterocycles. The maximum atomic E-state index is 15.5. The van der Waals surface area contributed by atoms with Gasteiger partial charge in [0.05, 0.1) is 6.54 Å². The number of fused-ring (bicyclic) bond motifs is 1. The SMILES string of the molecule is O=C(O)NC[C@H]1Cc2c(cc(OCc3ccccc3)c(N3CC(=O)NS3(=O)=O)c2F)O1. The van der Waals surface area contributed by atoms with Crippen molar-refractivity contribution >= 4 is 27.9 Å². The minimum Gasteiger partial charge on any atom is -0.488 e. The monoisotopic (exact) mass is 451 g/mol. The lowest BCUT2D eigenvalue weighted by Crippen LogP contribution is -2.33. The Kier molecular flexibility index (Phi) is 5.31. The zero-order chi connectivity index (χ0) is 22.2. The fourth-order valence-corrected chi connectivity index (χ4v) is 4.58. The lowest BCUT2D eigenvalue weighted by Gasteiger charge is -2.21. The van der Waals surface area contributed by atoms with Gasteiger partial charge in [-0.25, -0.2) is 18.2 Å². The van der Waals surface area contributed by atoms with Gasteiger partial charge in [0, 0.05) is 18.1 Å². The van der Waals surface area contributed by atoms with Crippen molar-refractivity contribution in [2.75, 3.05) is 17.4 Å². The van der Waals surface area contributed by atoms with Gasteiger partial charge >= 0.3 is 16.3 Å². The van der Waals surface area contributed by atoms with Crippen molar-refractivity contribution in [2.24, 2.45) is 0 Å². The molecule has 0 aromatic heterocycles. The lowest BCUT2D eigenvalue weighted by molar-refractivity contribution is -0.117. The molecule has 0 aliphatic carbocycles. The standard InChI is InChI=1S/C19H18FN3O7S/c20-17-13-6-12(8-21-19(25)26)30-14(13)7-15(29-10-11-4-2-1-3-5-11)18(17)23-9-16(24)22-31(23,27)28/h1-5,7,12,21H,6,8-10H2,(H,22,24)(H,25,26)/t12-/m1/s1. The number of ether oxygens (including phenoxy) is 2. The highest BCUT2D eigenvalue weighted by Gasteiger charge is 2.40. The van der Waals surface area contributed by atoms with Gasteiger partial charge in [0.15, 0.2) is 11.6 Å². The lowest BCUT2D eigenvalue weighted by atomic mass is 10.1. The summed E-state index contributed by atoms with van der Waals surface area (Å²) in [6.07, 6.45) is -1.91. The van der Waals surface area contributed by atoms with E-state index >= 15 is 4.39 Å². The number of halogens is 1. The number of nitrogens with zero attached hydrogens (tertiary/aromatic N) is 1. The molecule has 4 rings (SSSR count). The third-order valence-corrected chi connectivity index (χ3v) is 6.16. The van der Waals surface area contributed by atoms with E-state index in [9.17, 15) is 18.0 Å². The molecule has 0 unspecified atom stereocenters. The van der Waals surface area contributed by atoms with Crippen LogP contribution >= 0.6 is 0 Å². The van der Waals surface area contributed by atoms with Crippen LogP contribution in [-0.4, -0.2) is 44.7 Å². The number of carboxylic acid groups (broad SMARTS) is 1. The van der Waals surface area contributed by atoms with Crippen molar-refractivity contribution in [3.63, 3.8) is 0 Å². The minimum atomic E-state index is -4.29. The van der Waals surface area contributed by atoms with Crippen LogP contribution < -0.4 is 23.8 Å². The van der Waals surface area contributed by atoms with Crippen LogP contribution in [0.5, 0.6) is 11.5 Å². The van der Waals surface area contributed by atoms with Crippen LogP contribution in [0, 0.1) is 5.82 Å². The van der Waals surface area contributed by atoms with Crippen molar-refractivity contribution in [2.45, 2.75) is 19.1 Å². The molecule has 10 nitrogen and oxygen atoms in total. The van der Waals surface area contributed by atoms with Gasteiger partial charge in [-0.2, -0.15) is 8.42 Å². The van der Waals surface area contributed by atoms with E-state index in [1.807, 2.05) is 10.8 Å². The molecule has 2 aromatic rings. The van der Waals surface area contributed by atoms with Crippen molar-refractivity contribution < 1.29 is 37.0 Å². The normalized spacial score (nSPS) is 18.8. The average Bonchev–Trinajstić information content (AvgIpc) is 3.25. The molecule has 1 atom stereocenters. The molecular formula is C19H18FN3O7S. The quantitative estimate of drug-likeness (QED) is 0.600. The Bertz CT molecular complexity index is 1140. The van der Waals surface area contributed by atoms with Crippen molar-refractivity contribution in [3.8, 4) is 11.5 Å². The fraction of sp³-hybridized carbons (Fsp3) is 0.263. The van der Waals surface area contributed by atoms with Crippen LogP contribution in [0.25, 0.3) is 0 Å². The number of carbonyl (C=O) groups excluding carboxylic acids is 1. The summed E-state index contributed by atoms with van der Waals surface area (Å²) in [5.74, 6) is -1.70. The first kappa shape index (κ1) is 20.7. The number of nitrogens with one attached hydrogen (secondary N) is 2. The van der Waals surface area contributed by atoms with Crippen molar-refractivity contribution in [1.29, 1.82) is 0 Å². The van der Waals surface area contributed by atoms with E-state index in [1.165, 1.54) is 6.07 Å². The van der Waals surface area contributed by atoms with Gasteiger partial charge in [-0.1, -0.05) is 30.3 Å². The average molecular weight is 451 g/mol. The second-order valence-corrected chi connectivity index (χ2v) is 8.55. The van der Waals surface area contributed by atoms with E-state index in [4.69, 9.17) is 14.6 Å². The van der Waals surface area contributed by atoms with E-state index in [-0.39, 0.29) is 36.6 Å². The highest BCUT2D eigenvalue weighted by atomic mass is 32.2. The molecule has 2 amide bonds. The summed E-state index contributed by atoms with van der Waals surface area (Å²) < 4.78 is 54.0. The molecule has 2 heterocycles. The van der Waals surface area contributed by atoms with Crippen molar-refractivity contribution in [3.05, 3.63) is 53.3 Å². The predicted molar refractivity (Wildman–Crippen MR) is 106 cm³/mol. The van der Waals surface area contributed by atoms with Gasteiger partial charge in [-0.05, 0) is 5.56 Å². The zero-order valence-electron chi connectivity index (χ0n) is 16.0. The molecule has 0 radical (unpaired) electrons. The number of carbonyl (C=O) groups is 2. The third-order valence-electron chi connectivity index (χ3n) is 4.78. The molecule has 2 aromatic carbocycles. The van der Waals surface area contributed by atoms with Gasteiger partial charge in [0.2, 0.25) is 0 Å². The van der Waals surface area contributed by atoms with Gasteiger partial charge in [0.1, 0.15) is 30.7 Å². The Morgan fingerprint density at radius 2 is 2.10 bits per heavy atom. The largest absolute Gasteiger partial charge is 0.488 e. The molecule has 0 saturated carbocycles. The molecule has 164 valence electrons. The Labute approximate surface area is 176 Å². The topological polar surface area (TPSA) is 134 Å². The number of hydrogen-bond donors (Lipinski definition) is 3. The summed E-state index contributed by atoms with van der Waals surface area (Å²) in [6.45, 7) is -0.656. The van der Waals surface area contributed by atoms with Crippen LogP contribution in [0.2, 0.25) is 0 Å². The highest BCUT2D eigenvalue weighted by Crippen LogP contribution is 2.44. The van der Waals surface area contributed by atoms with Gasteiger partial charge in [-0.15, -0.1) is 0 Å². The molecule has 2 aliphatic heterocycles. The van der Waals surface area contributed by atoms with E-state index < -0.39 is 46.4 Å². The highest BCUT2D eigenvalue weighted by molar-refractivity contribution is 7.92. The number of amides is 2. The minimum absolute atomic E-state index is 0.0165. The molecule has 0 bridgehead atoms. The van der Waals surface area contributed by atoms with Crippen LogP contribution in [-0.2, 0) is 28.0 Å². The van der Waals surface area contributed by atoms with Gasteiger partial charge < -0.3 is 19.9 Å². The molecule has 0 spiro atoms.